The molecule has 0 aromatic heterocycles. The SMILES string of the molecule is CCCCCCSCCCCC1C2CCC(O2)C1CCSC(C)CCC(=O)N(C)O. The Hall–Kier alpha value is 0.0900. The van der Waals surface area contributed by atoms with Crippen molar-refractivity contribution in [3.05, 3.63) is 0 Å². The van der Waals surface area contributed by atoms with Crippen molar-refractivity contribution in [2.45, 2.75) is 108 Å². The zero-order valence-electron chi connectivity index (χ0n) is 19.5. The average Bonchev–Trinajstić information content (AvgIpc) is 3.33. The number of carbonyl (C=O) groups is 1. The van der Waals surface area contributed by atoms with Crippen molar-refractivity contribution in [3.8, 4) is 0 Å². The van der Waals surface area contributed by atoms with Crippen molar-refractivity contribution < 1.29 is 14.7 Å². The molecule has 0 aliphatic carbocycles. The molecule has 30 heavy (non-hydrogen) atoms. The van der Waals surface area contributed by atoms with Crippen molar-refractivity contribution >= 4 is 29.4 Å². The molecule has 2 rings (SSSR count). The van der Waals surface area contributed by atoms with Gasteiger partial charge in [-0.05, 0) is 74.0 Å². The van der Waals surface area contributed by atoms with E-state index in [2.05, 4.69) is 25.6 Å². The maximum Gasteiger partial charge on any atom is 0.245 e. The molecule has 0 aromatic rings. The summed E-state index contributed by atoms with van der Waals surface area (Å²) in [7, 11) is 1.40. The van der Waals surface area contributed by atoms with Crippen LogP contribution in [0, 0.1) is 11.8 Å². The van der Waals surface area contributed by atoms with Crippen LogP contribution in [-0.4, -0.2) is 57.9 Å². The summed E-state index contributed by atoms with van der Waals surface area (Å²) in [5, 5.41) is 10.3. The van der Waals surface area contributed by atoms with Crippen molar-refractivity contribution in [1.82, 2.24) is 5.06 Å². The van der Waals surface area contributed by atoms with Crippen molar-refractivity contribution in [1.29, 1.82) is 0 Å². The molecule has 2 aliphatic rings. The Balaban J connectivity index is 1.57. The van der Waals surface area contributed by atoms with Crippen LogP contribution >= 0.6 is 23.5 Å². The minimum atomic E-state index is -0.192. The monoisotopic (exact) mass is 459 g/mol. The molecule has 176 valence electrons. The van der Waals surface area contributed by atoms with Gasteiger partial charge in [0.15, 0.2) is 0 Å². The Morgan fingerprint density at radius 1 is 1.03 bits per heavy atom. The van der Waals surface area contributed by atoms with Crippen LogP contribution in [0.25, 0.3) is 0 Å². The van der Waals surface area contributed by atoms with Crippen LogP contribution in [0.4, 0.5) is 0 Å². The first-order valence-corrected chi connectivity index (χ1v) is 14.5. The van der Waals surface area contributed by atoms with E-state index in [1.807, 2.05) is 11.8 Å². The third-order valence-corrected chi connectivity index (χ3v) is 9.22. The van der Waals surface area contributed by atoms with E-state index in [1.165, 1.54) is 82.8 Å². The molecule has 2 aliphatic heterocycles. The highest BCUT2D eigenvalue weighted by atomic mass is 32.2. The zero-order valence-corrected chi connectivity index (χ0v) is 21.2. The van der Waals surface area contributed by atoms with Crippen molar-refractivity contribution in [3.63, 3.8) is 0 Å². The molecule has 2 saturated heterocycles. The van der Waals surface area contributed by atoms with Crippen LogP contribution < -0.4 is 0 Å². The first-order valence-electron chi connectivity index (χ1n) is 12.3. The molecule has 2 fully saturated rings. The Bertz CT molecular complexity index is 477. The van der Waals surface area contributed by atoms with Crippen molar-refractivity contribution in [2.75, 3.05) is 24.3 Å². The van der Waals surface area contributed by atoms with Gasteiger partial charge in [-0.1, -0.05) is 39.5 Å². The van der Waals surface area contributed by atoms with Crippen molar-refractivity contribution in [2.24, 2.45) is 11.8 Å². The number of amides is 1. The predicted molar refractivity (Wildman–Crippen MR) is 131 cm³/mol. The van der Waals surface area contributed by atoms with E-state index >= 15 is 0 Å². The number of hydroxylamine groups is 2. The topological polar surface area (TPSA) is 49.8 Å². The second kappa shape index (κ2) is 15.0. The lowest BCUT2D eigenvalue weighted by atomic mass is 9.75. The number of carbonyl (C=O) groups excluding carboxylic acids is 1. The molecule has 0 saturated carbocycles. The van der Waals surface area contributed by atoms with E-state index in [4.69, 9.17) is 9.94 Å². The van der Waals surface area contributed by atoms with Gasteiger partial charge < -0.3 is 4.74 Å². The fourth-order valence-electron chi connectivity index (χ4n) is 4.96. The van der Waals surface area contributed by atoms with Gasteiger partial charge in [0.1, 0.15) is 0 Å². The molecule has 6 heteroatoms. The lowest BCUT2D eigenvalue weighted by Crippen LogP contribution is -2.28. The highest BCUT2D eigenvalue weighted by Gasteiger charge is 2.47. The minimum Gasteiger partial charge on any atom is -0.374 e. The predicted octanol–water partition coefficient (Wildman–Crippen LogP) is 6.40. The summed E-state index contributed by atoms with van der Waals surface area (Å²) in [6, 6.07) is 0. The maximum atomic E-state index is 11.5. The third kappa shape index (κ3) is 9.30. The summed E-state index contributed by atoms with van der Waals surface area (Å²) < 4.78 is 6.30. The van der Waals surface area contributed by atoms with Gasteiger partial charge in [-0.2, -0.15) is 23.5 Å². The smallest absolute Gasteiger partial charge is 0.245 e. The summed E-state index contributed by atoms with van der Waals surface area (Å²) in [5.74, 6) is 5.16. The highest BCUT2D eigenvalue weighted by molar-refractivity contribution is 7.99. The molecule has 1 amide bonds. The maximum absolute atomic E-state index is 11.5. The minimum absolute atomic E-state index is 0.192. The average molecular weight is 460 g/mol. The number of hydrogen-bond donors (Lipinski definition) is 1. The van der Waals surface area contributed by atoms with Crippen LogP contribution in [0.5, 0.6) is 0 Å². The second-order valence-corrected chi connectivity index (χ2v) is 12.0. The van der Waals surface area contributed by atoms with Crippen LogP contribution in [-0.2, 0) is 9.53 Å². The van der Waals surface area contributed by atoms with Gasteiger partial charge in [0.25, 0.3) is 0 Å². The standard InChI is InChI=1S/C24H45NO3S2/c1-4-5-6-8-16-29-17-9-7-10-20-21(23-13-12-22(20)28-23)15-18-30-19(2)11-14-24(26)25(3)27/h19-23,27H,4-18H2,1-3H3. The lowest BCUT2D eigenvalue weighted by molar-refractivity contribution is -0.159. The van der Waals surface area contributed by atoms with Crippen LogP contribution in [0.3, 0.4) is 0 Å². The van der Waals surface area contributed by atoms with Gasteiger partial charge in [-0.3, -0.25) is 10.0 Å². The summed E-state index contributed by atoms with van der Waals surface area (Å²) in [6.45, 7) is 4.48. The number of nitrogens with zero attached hydrogens (tertiary/aromatic N) is 1. The molecule has 1 N–H and O–H groups in total. The largest absolute Gasteiger partial charge is 0.374 e. The quantitative estimate of drug-likeness (QED) is 0.155. The molecule has 2 bridgehead atoms. The van der Waals surface area contributed by atoms with Gasteiger partial charge in [0, 0.05) is 18.7 Å². The number of unbranched alkanes of at least 4 members (excludes halogenated alkanes) is 4. The fourth-order valence-corrected chi connectivity index (χ4v) is 7.08. The van der Waals surface area contributed by atoms with Gasteiger partial charge in [-0.25, -0.2) is 5.06 Å². The Labute approximate surface area is 193 Å². The number of fused-ring (bicyclic) bond motifs is 2. The molecule has 0 aromatic carbocycles. The van der Waals surface area contributed by atoms with E-state index in [9.17, 15) is 4.79 Å². The van der Waals surface area contributed by atoms with Gasteiger partial charge in [0.05, 0.1) is 12.2 Å². The summed E-state index contributed by atoms with van der Waals surface area (Å²) >= 11 is 4.13. The Morgan fingerprint density at radius 3 is 2.37 bits per heavy atom. The van der Waals surface area contributed by atoms with Gasteiger partial charge in [-0.15, -0.1) is 0 Å². The molecule has 4 nitrogen and oxygen atoms in total. The second-order valence-electron chi connectivity index (χ2n) is 9.21. The van der Waals surface area contributed by atoms with Crippen LogP contribution in [0.15, 0.2) is 0 Å². The van der Waals surface area contributed by atoms with Crippen LogP contribution in [0.2, 0.25) is 0 Å². The molecule has 0 spiro atoms. The summed E-state index contributed by atoms with van der Waals surface area (Å²) in [5.41, 5.74) is 0. The molecular formula is C24H45NO3S2. The van der Waals surface area contributed by atoms with E-state index in [0.29, 0.717) is 28.9 Å². The number of rotatable bonds is 17. The molecular weight excluding hydrogens is 414 g/mol. The first kappa shape index (κ1) is 26.3. The molecule has 2 heterocycles. The third-order valence-electron chi connectivity index (χ3n) is 6.79. The summed E-state index contributed by atoms with van der Waals surface area (Å²) in [4.78, 5) is 11.5. The number of hydrogen-bond acceptors (Lipinski definition) is 5. The van der Waals surface area contributed by atoms with E-state index in [1.54, 1.807) is 0 Å². The summed E-state index contributed by atoms with van der Waals surface area (Å²) in [6.07, 6.45) is 15.7. The lowest BCUT2D eigenvalue weighted by Gasteiger charge is -2.28. The molecule has 5 atom stereocenters. The normalized spacial score (nSPS) is 26.3. The molecule has 5 unspecified atom stereocenters. The Kier molecular flexibility index (Phi) is 13.2. The van der Waals surface area contributed by atoms with Crippen LogP contribution in [0.1, 0.15) is 90.9 Å². The molecule has 0 radical (unpaired) electrons. The zero-order chi connectivity index (χ0) is 21.8. The Morgan fingerprint density at radius 2 is 1.70 bits per heavy atom. The van der Waals surface area contributed by atoms with E-state index < -0.39 is 0 Å². The van der Waals surface area contributed by atoms with Gasteiger partial charge in [0.2, 0.25) is 5.91 Å². The van der Waals surface area contributed by atoms with Gasteiger partial charge >= 0.3 is 0 Å². The number of ether oxygens (including phenoxy) is 1. The number of thioether (sulfide) groups is 2. The highest BCUT2D eigenvalue weighted by Crippen LogP contribution is 2.47. The van der Waals surface area contributed by atoms with E-state index in [-0.39, 0.29) is 5.91 Å². The fraction of sp³-hybridized carbons (Fsp3) is 0.958. The first-order chi connectivity index (χ1) is 14.5. The van der Waals surface area contributed by atoms with E-state index in [0.717, 1.165) is 24.0 Å².